The van der Waals surface area contributed by atoms with Crippen LogP contribution in [0.2, 0.25) is 0 Å². The van der Waals surface area contributed by atoms with Crippen LogP contribution in [0.15, 0.2) is 53.4 Å². The van der Waals surface area contributed by atoms with Gasteiger partial charge >= 0.3 is 0 Å². The van der Waals surface area contributed by atoms with Crippen LogP contribution in [0.1, 0.15) is 5.56 Å². The summed E-state index contributed by atoms with van der Waals surface area (Å²) in [7, 11) is 0. The number of rotatable bonds is 5. The maximum Gasteiger partial charge on any atom is 0.272 e. The molecule has 7 heteroatoms. The third-order valence-corrected chi connectivity index (χ3v) is 5.28. The molecule has 0 aromatic heterocycles. The number of thioether (sulfide) groups is 1. The molecule has 0 saturated heterocycles. The Hall–Kier alpha value is -2.77. The summed E-state index contributed by atoms with van der Waals surface area (Å²) >= 11 is 1.19. The first-order valence-corrected chi connectivity index (χ1v) is 9.51. The van der Waals surface area contributed by atoms with E-state index in [0.29, 0.717) is 52.2 Å². The average molecular weight is 383 g/mol. The summed E-state index contributed by atoms with van der Waals surface area (Å²) in [6.45, 7) is 0.806. The fraction of sp³-hybridized carbons (Fsp3) is 0.200. The van der Waals surface area contributed by atoms with Crippen molar-refractivity contribution >= 4 is 34.8 Å². The number of hydrogen-bond acceptors (Lipinski definition) is 6. The van der Waals surface area contributed by atoms with E-state index in [1.807, 2.05) is 18.2 Å². The van der Waals surface area contributed by atoms with Gasteiger partial charge in [0.05, 0.1) is 22.8 Å². The zero-order valence-electron chi connectivity index (χ0n) is 14.4. The van der Waals surface area contributed by atoms with Crippen molar-refractivity contribution in [1.29, 1.82) is 0 Å². The lowest BCUT2D eigenvalue weighted by Crippen LogP contribution is -2.31. The van der Waals surface area contributed by atoms with Gasteiger partial charge in [0.25, 0.3) is 11.8 Å². The van der Waals surface area contributed by atoms with Crippen molar-refractivity contribution in [3.8, 4) is 11.5 Å². The van der Waals surface area contributed by atoms with Crippen molar-refractivity contribution in [2.45, 2.75) is 0 Å². The Kier molecular flexibility index (Phi) is 4.87. The van der Waals surface area contributed by atoms with Gasteiger partial charge in [-0.1, -0.05) is 30.3 Å². The largest absolute Gasteiger partial charge is 0.486 e. The predicted molar refractivity (Wildman–Crippen MR) is 103 cm³/mol. The van der Waals surface area contributed by atoms with Gasteiger partial charge in [0.1, 0.15) is 13.2 Å². The van der Waals surface area contributed by atoms with Crippen molar-refractivity contribution in [2.24, 2.45) is 0 Å². The van der Waals surface area contributed by atoms with Crippen molar-refractivity contribution in [3.05, 3.63) is 59.0 Å². The molecule has 0 fully saturated rings. The van der Waals surface area contributed by atoms with Crippen LogP contribution < -0.4 is 14.4 Å². The Morgan fingerprint density at radius 3 is 2.44 bits per heavy atom. The molecule has 2 aliphatic rings. The highest BCUT2D eigenvalue weighted by Crippen LogP contribution is 2.41. The van der Waals surface area contributed by atoms with Crippen molar-refractivity contribution < 1.29 is 24.2 Å². The van der Waals surface area contributed by atoms with E-state index in [9.17, 15) is 9.59 Å². The van der Waals surface area contributed by atoms with Crippen LogP contribution in [0, 0.1) is 0 Å². The number of imide groups is 1. The fourth-order valence-electron chi connectivity index (χ4n) is 3.06. The molecule has 138 valence electrons. The van der Waals surface area contributed by atoms with E-state index in [-0.39, 0.29) is 12.5 Å². The van der Waals surface area contributed by atoms with Gasteiger partial charge in [0, 0.05) is 11.8 Å². The molecule has 0 aliphatic carbocycles. The van der Waals surface area contributed by atoms with Gasteiger partial charge in [-0.05, 0) is 17.7 Å². The smallest absolute Gasteiger partial charge is 0.272 e. The molecule has 2 amide bonds. The lowest BCUT2D eigenvalue weighted by molar-refractivity contribution is -0.119. The van der Waals surface area contributed by atoms with E-state index in [4.69, 9.17) is 14.6 Å². The van der Waals surface area contributed by atoms with Crippen molar-refractivity contribution in [1.82, 2.24) is 0 Å². The maximum absolute atomic E-state index is 13.2. The summed E-state index contributed by atoms with van der Waals surface area (Å²) in [6, 6.07) is 14.1. The molecule has 6 nitrogen and oxygen atoms in total. The Morgan fingerprint density at radius 1 is 0.963 bits per heavy atom. The van der Waals surface area contributed by atoms with Gasteiger partial charge in [-0.15, -0.1) is 11.8 Å². The van der Waals surface area contributed by atoms with E-state index in [0.717, 1.165) is 4.90 Å². The molecule has 27 heavy (non-hydrogen) atoms. The van der Waals surface area contributed by atoms with E-state index in [1.54, 1.807) is 30.3 Å². The van der Waals surface area contributed by atoms with Gasteiger partial charge in [0.2, 0.25) is 0 Å². The number of hydrogen-bond donors (Lipinski definition) is 1. The van der Waals surface area contributed by atoms with E-state index in [1.165, 1.54) is 11.8 Å². The second-order valence-corrected chi connectivity index (χ2v) is 7.02. The van der Waals surface area contributed by atoms with Gasteiger partial charge in [0.15, 0.2) is 11.5 Å². The highest BCUT2D eigenvalue weighted by molar-refractivity contribution is 8.04. The monoisotopic (exact) mass is 383 g/mol. The van der Waals surface area contributed by atoms with Gasteiger partial charge < -0.3 is 14.6 Å². The van der Waals surface area contributed by atoms with Crippen LogP contribution in [0.3, 0.4) is 0 Å². The third kappa shape index (κ3) is 3.20. The van der Waals surface area contributed by atoms with Gasteiger partial charge in [-0.2, -0.15) is 0 Å². The number of carbonyl (C=O) groups is 2. The highest BCUT2D eigenvalue weighted by atomic mass is 32.2. The van der Waals surface area contributed by atoms with Crippen LogP contribution >= 0.6 is 11.8 Å². The summed E-state index contributed by atoms with van der Waals surface area (Å²) in [6.07, 6.45) is 0. The van der Waals surface area contributed by atoms with Crippen molar-refractivity contribution in [2.75, 3.05) is 30.5 Å². The standard InChI is InChI=1S/C20H17NO5S/c22-8-11-27-18-17(13-4-2-1-3-5-13)19(23)21(20(18)24)14-6-7-15-16(12-14)26-10-9-25-15/h1-7,12,22H,8-11H2. The SMILES string of the molecule is O=C1C(SCCO)=C(c2ccccc2)C(=O)N1c1ccc2c(c1)OCCO2. The molecule has 1 N–H and O–H groups in total. The van der Waals surface area contributed by atoms with E-state index < -0.39 is 5.91 Å². The van der Waals surface area contributed by atoms with Gasteiger partial charge in [-0.3, -0.25) is 9.59 Å². The summed E-state index contributed by atoms with van der Waals surface area (Å²) in [5, 5.41) is 9.17. The van der Waals surface area contributed by atoms with Gasteiger partial charge in [-0.25, -0.2) is 4.90 Å². The number of fused-ring (bicyclic) bond motifs is 1. The molecule has 0 atom stereocenters. The number of ether oxygens (including phenoxy) is 2. The molecule has 0 radical (unpaired) electrons. The summed E-state index contributed by atoms with van der Waals surface area (Å²) in [5.74, 6) is 0.657. The number of nitrogens with zero attached hydrogens (tertiary/aromatic N) is 1. The predicted octanol–water partition coefficient (Wildman–Crippen LogP) is 2.47. The number of amides is 2. The van der Waals surface area contributed by atoms with E-state index >= 15 is 0 Å². The van der Waals surface area contributed by atoms with Crippen LogP contribution in [0.4, 0.5) is 5.69 Å². The molecule has 2 aromatic rings. The molecule has 2 heterocycles. The average Bonchev–Trinajstić information content (AvgIpc) is 2.96. The second kappa shape index (κ2) is 7.46. The summed E-state index contributed by atoms with van der Waals surface area (Å²) in [5.41, 5.74) is 1.47. The minimum absolute atomic E-state index is 0.0816. The Morgan fingerprint density at radius 2 is 1.70 bits per heavy atom. The topological polar surface area (TPSA) is 76.1 Å². The number of anilines is 1. The maximum atomic E-state index is 13.2. The molecule has 4 rings (SSSR count). The number of benzene rings is 2. The first-order chi connectivity index (χ1) is 13.2. The lowest BCUT2D eigenvalue weighted by Gasteiger charge is -2.21. The zero-order chi connectivity index (χ0) is 18.8. The van der Waals surface area contributed by atoms with Crippen LogP contribution in [-0.2, 0) is 9.59 Å². The number of aliphatic hydroxyl groups excluding tert-OH is 1. The molecule has 0 bridgehead atoms. The molecule has 2 aromatic carbocycles. The molecule has 0 unspecified atom stereocenters. The molecule has 2 aliphatic heterocycles. The third-order valence-electron chi connectivity index (χ3n) is 4.23. The van der Waals surface area contributed by atoms with Crippen LogP contribution in [0.5, 0.6) is 11.5 Å². The molecule has 0 saturated carbocycles. The van der Waals surface area contributed by atoms with Crippen LogP contribution in [-0.4, -0.2) is 42.5 Å². The minimum atomic E-state index is -0.394. The Balaban J connectivity index is 1.74. The zero-order valence-corrected chi connectivity index (χ0v) is 15.2. The highest BCUT2D eigenvalue weighted by Gasteiger charge is 2.40. The number of aliphatic hydroxyl groups is 1. The van der Waals surface area contributed by atoms with E-state index in [2.05, 4.69) is 0 Å². The number of carbonyl (C=O) groups excluding carboxylic acids is 2. The first kappa shape index (κ1) is 17.6. The normalized spacial score (nSPS) is 16.3. The van der Waals surface area contributed by atoms with Crippen LogP contribution in [0.25, 0.3) is 5.57 Å². The minimum Gasteiger partial charge on any atom is -0.486 e. The van der Waals surface area contributed by atoms with Crippen molar-refractivity contribution in [3.63, 3.8) is 0 Å². The Labute approximate surface area is 160 Å². The summed E-state index contributed by atoms with van der Waals surface area (Å²) in [4.78, 5) is 27.7. The summed E-state index contributed by atoms with van der Waals surface area (Å²) < 4.78 is 11.1. The Bertz CT molecular complexity index is 925. The lowest BCUT2D eigenvalue weighted by atomic mass is 10.1. The fourth-order valence-corrected chi connectivity index (χ4v) is 3.92. The quantitative estimate of drug-likeness (QED) is 0.800. The molecular formula is C20H17NO5S. The first-order valence-electron chi connectivity index (χ1n) is 8.52. The molecular weight excluding hydrogens is 366 g/mol. The second-order valence-electron chi connectivity index (χ2n) is 5.92. The molecule has 0 spiro atoms.